The molecule has 0 radical (unpaired) electrons. The highest BCUT2D eigenvalue weighted by atomic mass is 17.2. The minimum Gasteiger partial charge on any atom is -0.477 e. The molecule has 2 aliphatic rings. The second-order valence-corrected chi connectivity index (χ2v) is 5.10. The molecule has 116 valence electrons. The lowest BCUT2D eigenvalue weighted by atomic mass is 9.78. The van der Waals surface area contributed by atoms with Crippen LogP contribution in [0.15, 0.2) is 11.3 Å². The lowest BCUT2D eigenvalue weighted by Crippen LogP contribution is -2.63. The average Bonchev–Trinajstić information content (AvgIpc) is 2.65. The molecule has 2 heterocycles. The van der Waals surface area contributed by atoms with Crippen molar-refractivity contribution in [1.29, 1.82) is 0 Å². The number of carbonyl (C=O) groups excluding carboxylic acids is 2. The van der Waals surface area contributed by atoms with Crippen molar-refractivity contribution in [3.05, 3.63) is 11.3 Å². The summed E-state index contributed by atoms with van der Waals surface area (Å²) in [6.45, 7) is 4.82. The first-order chi connectivity index (χ1) is 9.82. The lowest BCUT2D eigenvalue weighted by molar-refractivity contribution is -0.266. The SMILES string of the molecule is CCOOC(=O)C1=C(C(=O)O)N2C(=O)[C@H]([C@@H](C)O)[C@H]2[C@@H]1C. The summed E-state index contributed by atoms with van der Waals surface area (Å²) in [5.74, 6) is -4.08. The molecule has 0 aliphatic carbocycles. The number of carboxylic acid groups (broad SMARTS) is 1. The molecular formula is C13H17NO7. The number of nitrogens with zero attached hydrogens (tertiary/aromatic N) is 1. The quantitative estimate of drug-likeness (QED) is 0.406. The molecule has 2 rings (SSSR count). The van der Waals surface area contributed by atoms with Gasteiger partial charge in [-0.05, 0) is 13.8 Å². The number of carbonyl (C=O) groups is 3. The van der Waals surface area contributed by atoms with Crippen LogP contribution in [-0.4, -0.2) is 51.7 Å². The fourth-order valence-corrected chi connectivity index (χ4v) is 2.99. The molecule has 0 bridgehead atoms. The van der Waals surface area contributed by atoms with Crippen molar-refractivity contribution in [3.8, 4) is 0 Å². The fourth-order valence-electron chi connectivity index (χ4n) is 2.99. The van der Waals surface area contributed by atoms with E-state index in [9.17, 15) is 24.6 Å². The van der Waals surface area contributed by atoms with Crippen LogP contribution in [-0.2, 0) is 24.2 Å². The Morgan fingerprint density at radius 3 is 2.52 bits per heavy atom. The third kappa shape index (κ3) is 2.20. The molecule has 1 saturated heterocycles. The van der Waals surface area contributed by atoms with Crippen LogP contribution >= 0.6 is 0 Å². The summed E-state index contributed by atoms with van der Waals surface area (Å²) in [6, 6.07) is -0.548. The highest BCUT2D eigenvalue weighted by Crippen LogP contribution is 2.47. The van der Waals surface area contributed by atoms with E-state index >= 15 is 0 Å². The average molecular weight is 299 g/mol. The first-order valence-electron chi connectivity index (χ1n) is 6.65. The van der Waals surface area contributed by atoms with Gasteiger partial charge in [0.15, 0.2) is 0 Å². The number of aliphatic hydroxyl groups is 1. The highest BCUT2D eigenvalue weighted by Gasteiger charge is 2.61. The molecule has 2 aliphatic heterocycles. The third-order valence-corrected chi connectivity index (χ3v) is 3.85. The van der Waals surface area contributed by atoms with E-state index in [1.165, 1.54) is 6.92 Å². The van der Waals surface area contributed by atoms with Gasteiger partial charge < -0.3 is 15.1 Å². The van der Waals surface area contributed by atoms with E-state index in [-0.39, 0.29) is 17.9 Å². The Morgan fingerprint density at radius 2 is 2.05 bits per heavy atom. The largest absolute Gasteiger partial charge is 0.477 e. The zero-order chi connectivity index (χ0) is 15.9. The molecule has 0 saturated carbocycles. The summed E-state index contributed by atoms with van der Waals surface area (Å²) in [7, 11) is 0. The van der Waals surface area contributed by atoms with Gasteiger partial charge in [0.2, 0.25) is 5.91 Å². The van der Waals surface area contributed by atoms with Crippen LogP contribution in [0.3, 0.4) is 0 Å². The summed E-state index contributed by atoms with van der Waals surface area (Å²) < 4.78 is 0. The first kappa shape index (κ1) is 15.5. The minimum absolute atomic E-state index is 0.113. The monoisotopic (exact) mass is 299 g/mol. The van der Waals surface area contributed by atoms with Crippen molar-refractivity contribution in [3.63, 3.8) is 0 Å². The van der Waals surface area contributed by atoms with Crippen molar-refractivity contribution in [2.24, 2.45) is 11.8 Å². The summed E-state index contributed by atoms with van der Waals surface area (Å²) in [5, 5.41) is 18.9. The predicted octanol–water partition coefficient (Wildman–Crippen LogP) is -0.323. The van der Waals surface area contributed by atoms with Gasteiger partial charge in [0.1, 0.15) is 5.70 Å². The van der Waals surface area contributed by atoms with Crippen molar-refractivity contribution < 1.29 is 34.4 Å². The van der Waals surface area contributed by atoms with Gasteiger partial charge in [0, 0.05) is 5.92 Å². The molecule has 8 nitrogen and oxygen atoms in total. The molecule has 0 aromatic carbocycles. The number of rotatable bonds is 5. The number of carboxylic acids is 1. The van der Waals surface area contributed by atoms with E-state index in [1.54, 1.807) is 13.8 Å². The Hall–Kier alpha value is -1.93. The van der Waals surface area contributed by atoms with Gasteiger partial charge in [-0.2, -0.15) is 4.89 Å². The van der Waals surface area contributed by atoms with Gasteiger partial charge in [0.05, 0.1) is 30.2 Å². The Labute approximate surface area is 120 Å². The van der Waals surface area contributed by atoms with Crippen molar-refractivity contribution in [2.45, 2.75) is 32.9 Å². The smallest absolute Gasteiger partial charge is 0.371 e. The van der Waals surface area contributed by atoms with Gasteiger partial charge in [-0.3, -0.25) is 9.68 Å². The Balaban J connectivity index is 2.36. The number of fused-ring (bicyclic) bond motifs is 1. The van der Waals surface area contributed by atoms with Crippen molar-refractivity contribution >= 4 is 17.8 Å². The molecular weight excluding hydrogens is 282 g/mol. The minimum atomic E-state index is -1.38. The molecule has 1 amide bonds. The molecule has 21 heavy (non-hydrogen) atoms. The van der Waals surface area contributed by atoms with Crippen LogP contribution in [0.2, 0.25) is 0 Å². The first-order valence-corrected chi connectivity index (χ1v) is 6.65. The number of aliphatic hydroxyl groups excluding tert-OH is 1. The van der Waals surface area contributed by atoms with Gasteiger partial charge in [-0.15, -0.1) is 0 Å². The molecule has 0 spiro atoms. The maximum Gasteiger partial charge on any atom is 0.371 e. The van der Waals surface area contributed by atoms with E-state index in [4.69, 9.17) is 0 Å². The number of β-lactam (4-membered cyclic amide) rings is 1. The summed E-state index contributed by atoms with van der Waals surface area (Å²) in [4.78, 5) is 45.5. The van der Waals surface area contributed by atoms with Gasteiger partial charge in [0.25, 0.3) is 0 Å². The summed E-state index contributed by atoms with van der Waals surface area (Å²) in [6.07, 6.45) is -0.918. The van der Waals surface area contributed by atoms with Crippen LogP contribution < -0.4 is 0 Å². The fraction of sp³-hybridized carbons (Fsp3) is 0.615. The van der Waals surface area contributed by atoms with E-state index in [0.717, 1.165) is 4.90 Å². The van der Waals surface area contributed by atoms with Gasteiger partial charge in [-0.25, -0.2) is 9.59 Å². The molecule has 0 aromatic rings. The number of amides is 1. The molecule has 0 unspecified atom stereocenters. The predicted molar refractivity (Wildman–Crippen MR) is 67.3 cm³/mol. The number of hydrogen-bond acceptors (Lipinski definition) is 6. The maximum absolute atomic E-state index is 12.0. The second-order valence-electron chi connectivity index (χ2n) is 5.10. The lowest BCUT2D eigenvalue weighted by Gasteiger charge is -2.46. The van der Waals surface area contributed by atoms with Crippen LogP contribution in [0.5, 0.6) is 0 Å². The molecule has 2 N–H and O–H groups in total. The Bertz CT molecular complexity index is 525. The van der Waals surface area contributed by atoms with Gasteiger partial charge in [-0.1, -0.05) is 6.92 Å². The van der Waals surface area contributed by atoms with Crippen LogP contribution in [0.25, 0.3) is 0 Å². The normalized spacial score (nSPS) is 29.0. The standard InChI is InChI=1S/C13H17NO7/c1-4-20-21-13(19)7-5(2)9-8(6(3)15)11(16)14(9)10(7)12(17)18/h5-6,8-9,15H,4H2,1-3H3,(H,17,18)/t5-,6-,8-,9-/m1/s1. The topological polar surface area (TPSA) is 113 Å². The van der Waals surface area contributed by atoms with Gasteiger partial charge >= 0.3 is 11.9 Å². The highest BCUT2D eigenvalue weighted by molar-refractivity contribution is 6.06. The van der Waals surface area contributed by atoms with Crippen LogP contribution in [0.4, 0.5) is 0 Å². The third-order valence-electron chi connectivity index (χ3n) is 3.85. The number of aliphatic carboxylic acids is 1. The summed E-state index contributed by atoms with van der Waals surface area (Å²) >= 11 is 0. The zero-order valence-corrected chi connectivity index (χ0v) is 11.9. The Morgan fingerprint density at radius 1 is 1.43 bits per heavy atom. The van der Waals surface area contributed by atoms with Crippen LogP contribution in [0.1, 0.15) is 20.8 Å². The van der Waals surface area contributed by atoms with Crippen molar-refractivity contribution in [1.82, 2.24) is 4.90 Å². The van der Waals surface area contributed by atoms with E-state index in [0.29, 0.717) is 0 Å². The maximum atomic E-state index is 12.0. The molecule has 1 fully saturated rings. The number of hydrogen-bond donors (Lipinski definition) is 2. The summed E-state index contributed by atoms with van der Waals surface area (Å²) in [5.41, 5.74) is -0.503. The molecule has 8 heteroatoms. The van der Waals surface area contributed by atoms with Crippen molar-refractivity contribution in [2.75, 3.05) is 6.61 Å². The van der Waals surface area contributed by atoms with E-state index < -0.39 is 41.8 Å². The zero-order valence-electron chi connectivity index (χ0n) is 11.9. The van der Waals surface area contributed by atoms with Crippen LogP contribution in [0, 0.1) is 11.8 Å². The van der Waals surface area contributed by atoms with E-state index in [1.807, 2.05) is 0 Å². The second kappa shape index (κ2) is 5.45. The Kier molecular flexibility index (Phi) is 4.02. The molecule has 4 atom stereocenters. The molecule has 0 aromatic heterocycles. The van der Waals surface area contributed by atoms with E-state index in [2.05, 4.69) is 9.78 Å².